The molecule has 0 saturated heterocycles. The van der Waals surface area contributed by atoms with Gasteiger partial charge in [-0.15, -0.1) is 11.8 Å². The Hall–Kier alpha value is -1.40. The van der Waals surface area contributed by atoms with Crippen molar-refractivity contribution >= 4 is 30.2 Å². The molecular weight excluding hydrogens is 240 g/mol. The van der Waals surface area contributed by atoms with E-state index in [-0.39, 0.29) is 0 Å². The van der Waals surface area contributed by atoms with Gasteiger partial charge in [0.15, 0.2) is 0 Å². The molecule has 16 heavy (non-hydrogen) atoms. The van der Waals surface area contributed by atoms with E-state index in [0.717, 1.165) is 5.56 Å². The van der Waals surface area contributed by atoms with E-state index >= 15 is 0 Å². The topological polar surface area (TPSA) is 46.0 Å². The van der Waals surface area contributed by atoms with Gasteiger partial charge in [0.1, 0.15) is 6.33 Å². The second-order valence-electron chi connectivity index (χ2n) is 3.02. The Balaban J connectivity index is 2.18. The van der Waals surface area contributed by atoms with Gasteiger partial charge in [-0.1, -0.05) is 12.1 Å². The average Bonchev–Trinajstić information content (AvgIpc) is 2.73. The van der Waals surface area contributed by atoms with Crippen LogP contribution in [0.5, 0.6) is 0 Å². The van der Waals surface area contributed by atoms with Crippen molar-refractivity contribution in [1.29, 1.82) is 0 Å². The summed E-state index contributed by atoms with van der Waals surface area (Å²) in [6.45, 7) is 0. The van der Waals surface area contributed by atoms with Crippen molar-refractivity contribution < 1.29 is 0 Å². The van der Waals surface area contributed by atoms with Crippen molar-refractivity contribution in [2.24, 2.45) is 5.10 Å². The van der Waals surface area contributed by atoms with Gasteiger partial charge in [-0.25, -0.2) is 0 Å². The van der Waals surface area contributed by atoms with Crippen LogP contribution in [0.1, 0.15) is 5.56 Å². The van der Waals surface area contributed by atoms with E-state index in [1.807, 2.05) is 18.4 Å². The molecule has 2 aromatic rings. The van der Waals surface area contributed by atoms with E-state index < -0.39 is 0 Å². The smallest absolute Gasteiger partial charge is 0.216 e. The quantitative estimate of drug-likeness (QED) is 0.517. The summed E-state index contributed by atoms with van der Waals surface area (Å²) in [5.41, 5.74) is 1.03. The van der Waals surface area contributed by atoms with Gasteiger partial charge in [0, 0.05) is 4.90 Å². The highest BCUT2D eigenvalue weighted by atomic mass is 32.2. The predicted molar refractivity (Wildman–Crippen MR) is 68.6 cm³/mol. The lowest BCUT2D eigenvalue weighted by atomic mass is 10.2. The highest BCUT2D eigenvalue weighted by Crippen LogP contribution is 2.13. The fourth-order valence-electron chi connectivity index (χ4n) is 1.14. The number of hydrogen-bond acceptors (Lipinski definition) is 4. The predicted octanol–water partition coefficient (Wildman–Crippen LogP) is 2.54. The Morgan fingerprint density at radius 2 is 2.19 bits per heavy atom. The lowest BCUT2D eigenvalue weighted by Crippen LogP contribution is -1.88. The molecule has 0 saturated carbocycles. The highest BCUT2D eigenvalue weighted by molar-refractivity contribution is 7.98. The van der Waals surface area contributed by atoms with Crippen LogP contribution in [-0.4, -0.2) is 27.3 Å². The molecule has 0 fully saturated rings. The zero-order valence-electron chi connectivity index (χ0n) is 8.62. The lowest BCUT2D eigenvalue weighted by molar-refractivity contribution is 0.863. The van der Waals surface area contributed by atoms with Crippen LogP contribution in [0.15, 0.2) is 40.6 Å². The number of benzene rings is 1. The van der Waals surface area contributed by atoms with E-state index in [1.165, 1.54) is 15.9 Å². The molecular formula is C10H10N4S2. The number of thioether (sulfide) groups is 1. The number of rotatable bonds is 3. The Kier molecular flexibility index (Phi) is 3.53. The number of nitrogens with zero attached hydrogens (tertiary/aromatic N) is 3. The van der Waals surface area contributed by atoms with Gasteiger partial charge < -0.3 is 0 Å². The fourth-order valence-corrected chi connectivity index (χ4v) is 1.70. The average molecular weight is 250 g/mol. The van der Waals surface area contributed by atoms with Gasteiger partial charge in [-0.2, -0.15) is 14.9 Å². The number of hydrogen-bond donors (Lipinski definition) is 1. The Labute approximate surface area is 102 Å². The SMILES string of the molecule is CSc1ccc(/C=N\n2cn[nH]c2=S)cc1. The Morgan fingerprint density at radius 3 is 2.75 bits per heavy atom. The standard InChI is InChI=1S/C10H10N4S2/c1-16-9-4-2-8(3-5-9)6-12-14-7-11-13-10(14)15/h2-7H,1H3,(H,13,15)/b12-6-. The third-order valence-electron chi connectivity index (χ3n) is 1.98. The maximum atomic E-state index is 4.97. The molecule has 0 spiro atoms. The van der Waals surface area contributed by atoms with Crippen molar-refractivity contribution in [1.82, 2.24) is 14.9 Å². The number of H-pyrrole nitrogens is 1. The molecule has 0 amide bonds. The molecule has 0 aliphatic heterocycles. The Bertz CT molecular complexity index is 538. The minimum atomic E-state index is 0.483. The molecule has 0 aliphatic carbocycles. The summed E-state index contributed by atoms with van der Waals surface area (Å²) in [4.78, 5) is 1.23. The van der Waals surface area contributed by atoms with Gasteiger partial charge in [0.25, 0.3) is 0 Å². The van der Waals surface area contributed by atoms with Crippen LogP contribution in [0.4, 0.5) is 0 Å². The van der Waals surface area contributed by atoms with Crippen molar-refractivity contribution in [3.63, 3.8) is 0 Å². The molecule has 82 valence electrons. The summed E-state index contributed by atoms with van der Waals surface area (Å²) in [6.07, 6.45) is 5.33. The molecule has 0 atom stereocenters. The highest BCUT2D eigenvalue weighted by Gasteiger charge is 1.91. The first kappa shape index (κ1) is 11.1. The summed E-state index contributed by atoms with van der Waals surface area (Å²) in [6, 6.07) is 8.14. The fraction of sp³-hybridized carbons (Fsp3) is 0.100. The van der Waals surface area contributed by atoms with E-state index in [4.69, 9.17) is 12.2 Å². The van der Waals surface area contributed by atoms with Crippen molar-refractivity contribution in [2.75, 3.05) is 6.26 Å². The third kappa shape index (κ3) is 2.59. The van der Waals surface area contributed by atoms with Crippen LogP contribution in [0, 0.1) is 4.77 Å². The second-order valence-corrected chi connectivity index (χ2v) is 4.29. The minimum Gasteiger partial charge on any atom is -0.250 e. The van der Waals surface area contributed by atoms with Gasteiger partial charge in [0.05, 0.1) is 6.21 Å². The number of nitrogens with one attached hydrogen (secondary N) is 1. The summed E-state index contributed by atoms with van der Waals surface area (Å²) in [5, 5.41) is 10.6. The third-order valence-corrected chi connectivity index (χ3v) is 3.00. The zero-order valence-corrected chi connectivity index (χ0v) is 10.3. The molecule has 1 aromatic carbocycles. The van der Waals surface area contributed by atoms with Gasteiger partial charge >= 0.3 is 0 Å². The van der Waals surface area contributed by atoms with Crippen molar-refractivity contribution in [2.45, 2.75) is 4.90 Å². The van der Waals surface area contributed by atoms with E-state index in [9.17, 15) is 0 Å². The van der Waals surface area contributed by atoms with Crippen LogP contribution in [0.2, 0.25) is 0 Å². The van der Waals surface area contributed by atoms with E-state index in [2.05, 4.69) is 27.4 Å². The number of aromatic amines is 1. The van der Waals surface area contributed by atoms with Crippen LogP contribution < -0.4 is 0 Å². The molecule has 1 aromatic heterocycles. The summed E-state index contributed by atoms with van der Waals surface area (Å²) in [5.74, 6) is 0. The molecule has 2 rings (SSSR count). The van der Waals surface area contributed by atoms with Crippen LogP contribution in [0.3, 0.4) is 0 Å². The Morgan fingerprint density at radius 1 is 1.44 bits per heavy atom. The second kappa shape index (κ2) is 5.09. The first-order chi connectivity index (χ1) is 7.79. The molecule has 4 nitrogen and oxygen atoms in total. The molecule has 1 N–H and O–H groups in total. The lowest BCUT2D eigenvalue weighted by Gasteiger charge is -1.96. The molecule has 0 unspecified atom stereocenters. The van der Waals surface area contributed by atoms with Gasteiger partial charge in [-0.05, 0) is 36.2 Å². The first-order valence-electron chi connectivity index (χ1n) is 4.60. The molecule has 0 radical (unpaired) electrons. The number of aromatic nitrogens is 3. The summed E-state index contributed by atoms with van der Waals surface area (Å²) < 4.78 is 2.00. The minimum absolute atomic E-state index is 0.483. The first-order valence-corrected chi connectivity index (χ1v) is 6.23. The maximum absolute atomic E-state index is 4.97. The molecule has 0 bridgehead atoms. The van der Waals surface area contributed by atoms with Crippen LogP contribution in [0.25, 0.3) is 0 Å². The zero-order chi connectivity index (χ0) is 11.4. The maximum Gasteiger partial charge on any atom is 0.216 e. The molecule has 1 heterocycles. The van der Waals surface area contributed by atoms with Crippen LogP contribution in [-0.2, 0) is 0 Å². The van der Waals surface area contributed by atoms with Crippen LogP contribution >= 0.6 is 24.0 Å². The summed E-state index contributed by atoms with van der Waals surface area (Å²) >= 11 is 6.68. The molecule has 0 aliphatic rings. The van der Waals surface area contributed by atoms with Crippen molar-refractivity contribution in [3.8, 4) is 0 Å². The monoisotopic (exact) mass is 250 g/mol. The largest absolute Gasteiger partial charge is 0.250 e. The van der Waals surface area contributed by atoms with Crippen molar-refractivity contribution in [3.05, 3.63) is 40.9 Å². The molecule has 6 heteroatoms. The normalized spacial score (nSPS) is 11.1. The van der Waals surface area contributed by atoms with Gasteiger partial charge in [0.2, 0.25) is 4.77 Å². The van der Waals surface area contributed by atoms with Gasteiger partial charge in [-0.3, -0.25) is 5.10 Å². The van der Waals surface area contributed by atoms with E-state index in [0.29, 0.717) is 4.77 Å². The summed E-state index contributed by atoms with van der Waals surface area (Å²) in [7, 11) is 0. The van der Waals surface area contributed by atoms with E-state index in [1.54, 1.807) is 18.0 Å².